The number of anilines is 6. The van der Waals surface area contributed by atoms with Crippen LogP contribution in [0.15, 0.2) is 425 Å². The molecule has 3 heteroatoms. The summed E-state index contributed by atoms with van der Waals surface area (Å²) in [4.78, 5) is 5.50. The fourth-order valence-corrected chi connectivity index (χ4v) is 21.6. The van der Waals surface area contributed by atoms with Gasteiger partial charge in [-0.05, 0) is 220 Å². The number of benzene rings is 18. The first kappa shape index (κ1) is 76.7. The van der Waals surface area contributed by atoms with E-state index in [1.807, 2.05) is 0 Å². The quantitative estimate of drug-likeness (QED) is 0.106. The number of hydrogen-bond donors (Lipinski definition) is 0. The monoisotopic (exact) mass is 1600 g/mol. The molecule has 0 radical (unpaired) electrons. The molecule has 0 atom stereocenters. The van der Waals surface area contributed by atoms with Gasteiger partial charge in [0.05, 0.1) is 22.2 Å². The minimum atomic E-state index is -0.626. The number of rotatable bonds is 13. The molecule has 18 aromatic carbocycles. The van der Waals surface area contributed by atoms with E-state index >= 15 is 0 Å². The van der Waals surface area contributed by atoms with Gasteiger partial charge in [-0.2, -0.15) is 0 Å². The molecule has 598 valence electrons. The van der Waals surface area contributed by atoms with Crippen molar-refractivity contribution in [2.45, 2.75) is 89.4 Å². The van der Waals surface area contributed by atoms with Crippen LogP contribution in [-0.2, 0) is 27.1 Å². The van der Waals surface area contributed by atoms with E-state index in [0.717, 1.165) is 101 Å². The summed E-state index contributed by atoms with van der Waals surface area (Å²) in [6.45, 7) is 20.8. The van der Waals surface area contributed by atoms with Gasteiger partial charge in [0, 0.05) is 45.0 Å². The van der Waals surface area contributed by atoms with Crippen molar-refractivity contribution in [3.8, 4) is 100 Å². The highest BCUT2D eigenvalue weighted by Crippen LogP contribution is 2.63. The van der Waals surface area contributed by atoms with Crippen molar-refractivity contribution in [2.24, 2.45) is 0 Å². The predicted molar refractivity (Wildman–Crippen MR) is 529 cm³/mol. The second-order valence-corrected chi connectivity index (χ2v) is 37.7. The van der Waals surface area contributed by atoms with E-state index in [1.165, 1.54) is 111 Å². The van der Waals surface area contributed by atoms with E-state index < -0.39 is 10.8 Å². The minimum Gasteiger partial charge on any atom is -0.310 e. The molecule has 125 heavy (non-hydrogen) atoms. The van der Waals surface area contributed by atoms with Gasteiger partial charge in [-0.3, -0.25) is 0 Å². The molecular weight excluding hydrogens is 1500 g/mol. The lowest BCUT2D eigenvalue weighted by Crippen LogP contribution is -2.61. The third-order valence-electron chi connectivity index (χ3n) is 27.5. The van der Waals surface area contributed by atoms with Crippen LogP contribution in [0.25, 0.3) is 100 Å². The van der Waals surface area contributed by atoms with Crippen molar-refractivity contribution in [1.82, 2.24) is 0 Å². The van der Waals surface area contributed by atoms with Crippen molar-refractivity contribution in [3.05, 3.63) is 486 Å². The lowest BCUT2D eigenvalue weighted by atomic mass is 9.33. The second-order valence-electron chi connectivity index (χ2n) is 37.7. The highest BCUT2D eigenvalue weighted by atomic mass is 15.2. The Balaban J connectivity index is 0.920. The van der Waals surface area contributed by atoms with Crippen LogP contribution in [-0.4, -0.2) is 6.71 Å². The lowest BCUT2D eigenvalue weighted by Gasteiger charge is -2.46. The molecule has 0 amide bonds. The summed E-state index contributed by atoms with van der Waals surface area (Å²) in [5, 5.41) is 0. The molecule has 0 spiro atoms. The molecule has 0 fully saturated rings. The summed E-state index contributed by atoms with van der Waals surface area (Å²) in [6, 6.07) is 163. The SMILES string of the molecule is CC(C)(C)c1ccc(-c2cc3c4c(c2)N(c2c(-c5ccccc5)cc(C(C)(C)C)cc2-c2ccccc2)c2ccc(-c5cccc6c5-c5ccccc5C6(c5ccccc5)c5ccccc5)cc2B4c2cc(-c4cccc5c4-c4ccccc4C5(c4ccccc4)c4ccccc4)ccc2N3c2c(-c3ccccc3)cc(C(C)(C)C)cc2-c2ccccc2)cc1. The first-order valence-corrected chi connectivity index (χ1v) is 44.4. The molecule has 2 aliphatic heterocycles. The first-order chi connectivity index (χ1) is 60.9. The van der Waals surface area contributed by atoms with E-state index in [-0.39, 0.29) is 23.0 Å². The molecule has 2 heterocycles. The first-order valence-electron chi connectivity index (χ1n) is 44.4. The molecule has 2 aliphatic carbocycles. The Kier molecular flexibility index (Phi) is 18.2. The maximum Gasteiger partial charge on any atom is 0.252 e. The molecule has 0 saturated heterocycles. The number of hydrogen-bond acceptors (Lipinski definition) is 2. The van der Waals surface area contributed by atoms with Crippen LogP contribution >= 0.6 is 0 Å². The zero-order valence-corrected chi connectivity index (χ0v) is 72.4. The molecule has 4 aliphatic rings. The number of nitrogens with zero attached hydrogens (tertiary/aromatic N) is 2. The third-order valence-corrected chi connectivity index (χ3v) is 27.5. The van der Waals surface area contributed by atoms with Gasteiger partial charge in [-0.15, -0.1) is 0 Å². The Morgan fingerprint density at radius 3 is 0.800 bits per heavy atom. The maximum atomic E-state index is 2.75. The topological polar surface area (TPSA) is 6.48 Å². The summed E-state index contributed by atoms with van der Waals surface area (Å²) < 4.78 is 0. The van der Waals surface area contributed by atoms with Crippen LogP contribution in [0, 0.1) is 0 Å². The van der Waals surface area contributed by atoms with E-state index in [4.69, 9.17) is 0 Å². The molecular formula is C122H97BN2. The zero-order valence-electron chi connectivity index (χ0n) is 72.4. The Bertz CT molecular complexity index is 6620. The molecule has 0 unspecified atom stereocenters. The van der Waals surface area contributed by atoms with Crippen molar-refractivity contribution in [3.63, 3.8) is 0 Å². The fourth-order valence-electron chi connectivity index (χ4n) is 21.6. The van der Waals surface area contributed by atoms with E-state index in [0.29, 0.717) is 0 Å². The average Bonchev–Trinajstić information content (AvgIpc) is 1.62. The molecule has 0 aromatic heterocycles. The van der Waals surface area contributed by atoms with Gasteiger partial charge in [0.2, 0.25) is 0 Å². The summed E-state index contributed by atoms with van der Waals surface area (Å²) in [6.07, 6.45) is 0. The Morgan fingerprint density at radius 1 is 0.200 bits per heavy atom. The average molecular weight is 1600 g/mol. The standard InChI is InChI=1S/C122H97BN2/c1-118(2,3)88-68-64-80(65-69-88)87-74-111-115-112(75-87)125(117-101(83-44-22-12-23-45-83)78-94(120(7,8)9)79-102(117)84-46-24-13-25-47-84)110-71-67-86(96-59-39-63-106-114(96)98-57-35-37-61-104(98)122(106,91-52-30-16-31-53-91)92-54-32-17-33-55-92)73-108(110)123(115)107-72-85(95-58-38-62-105-113(95)97-56-34-36-60-103(97)121(105,89-48-26-14-27-49-89)90-50-28-15-29-51-90)66-70-109(107)124(111)116-99(81-40-18-10-19-41-81)76-93(119(4,5)6)77-100(116)82-42-20-11-21-43-82/h10-79H,1-9H3. The van der Waals surface area contributed by atoms with E-state index in [9.17, 15) is 0 Å². The normalized spacial score (nSPS) is 13.7. The fraction of sp³-hybridized carbons (Fsp3) is 0.115. The van der Waals surface area contributed by atoms with Crippen LogP contribution < -0.4 is 26.2 Å². The summed E-state index contributed by atoms with van der Waals surface area (Å²) in [5.41, 5.74) is 43.5. The second kappa shape index (κ2) is 29.7. The van der Waals surface area contributed by atoms with Crippen molar-refractivity contribution < 1.29 is 0 Å². The smallest absolute Gasteiger partial charge is 0.252 e. The molecule has 0 N–H and O–H groups in total. The van der Waals surface area contributed by atoms with Gasteiger partial charge in [0.25, 0.3) is 6.71 Å². The van der Waals surface area contributed by atoms with Crippen molar-refractivity contribution >= 4 is 57.2 Å². The maximum absolute atomic E-state index is 2.75. The highest BCUT2D eigenvalue weighted by molar-refractivity contribution is 7.00. The highest BCUT2D eigenvalue weighted by Gasteiger charge is 2.51. The molecule has 22 rings (SSSR count). The Hall–Kier alpha value is -14.4. The van der Waals surface area contributed by atoms with Crippen LogP contribution in [0.2, 0.25) is 0 Å². The Labute approximate surface area is 737 Å². The van der Waals surface area contributed by atoms with Gasteiger partial charge in [0.1, 0.15) is 0 Å². The summed E-state index contributed by atoms with van der Waals surface area (Å²) in [5.74, 6) is 0. The third kappa shape index (κ3) is 12.3. The molecule has 0 bridgehead atoms. The van der Waals surface area contributed by atoms with E-state index in [2.05, 4.69) is 497 Å². The lowest BCUT2D eigenvalue weighted by molar-refractivity contribution is 0.590. The van der Waals surface area contributed by atoms with Crippen LogP contribution in [0.1, 0.15) is 124 Å². The molecule has 18 aromatic rings. The van der Waals surface area contributed by atoms with Gasteiger partial charge in [-0.25, -0.2) is 0 Å². The number of fused-ring (bicyclic) bond motifs is 10. The van der Waals surface area contributed by atoms with Gasteiger partial charge >= 0.3 is 0 Å². The zero-order chi connectivity index (χ0) is 84.7. The largest absolute Gasteiger partial charge is 0.310 e. The molecule has 0 saturated carbocycles. The molecule has 2 nitrogen and oxygen atoms in total. The van der Waals surface area contributed by atoms with E-state index in [1.54, 1.807) is 0 Å². The van der Waals surface area contributed by atoms with Crippen LogP contribution in [0.5, 0.6) is 0 Å². The van der Waals surface area contributed by atoms with Crippen LogP contribution in [0.4, 0.5) is 34.1 Å². The van der Waals surface area contributed by atoms with Crippen molar-refractivity contribution in [2.75, 3.05) is 9.80 Å². The minimum absolute atomic E-state index is 0.0830. The van der Waals surface area contributed by atoms with Gasteiger partial charge in [-0.1, -0.05) is 438 Å². The van der Waals surface area contributed by atoms with Crippen molar-refractivity contribution in [1.29, 1.82) is 0 Å². The predicted octanol–water partition coefficient (Wildman–Crippen LogP) is 30.1. The van der Waals surface area contributed by atoms with Gasteiger partial charge < -0.3 is 9.80 Å². The van der Waals surface area contributed by atoms with Gasteiger partial charge in [0.15, 0.2) is 0 Å². The van der Waals surface area contributed by atoms with Crippen LogP contribution in [0.3, 0.4) is 0 Å². The summed E-state index contributed by atoms with van der Waals surface area (Å²) in [7, 11) is 0. The summed E-state index contributed by atoms with van der Waals surface area (Å²) >= 11 is 0. The Morgan fingerprint density at radius 2 is 0.480 bits per heavy atom.